The van der Waals surface area contributed by atoms with Gasteiger partial charge in [-0.3, -0.25) is 4.79 Å². The molecule has 1 N–H and O–H groups in total. The molecular formula is C31H52O3. The molecule has 34 heavy (non-hydrogen) atoms. The number of allylic oxidation sites excluding steroid dienone is 1. The Morgan fingerprint density at radius 2 is 1.53 bits per heavy atom. The Kier molecular flexibility index (Phi) is 6.89. The van der Waals surface area contributed by atoms with Gasteiger partial charge in [-0.25, -0.2) is 0 Å². The zero-order chi connectivity index (χ0) is 25.1. The molecule has 4 fully saturated rings. The van der Waals surface area contributed by atoms with Crippen molar-refractivity contribution in [2.24, 2.45) is 51.2 Å². The van der Waals surface area contributed by atoms with Gasteiger partial charge in [-0.2, -0.15) is 0 Å². The van der Waals surface area contributed by atoms with Crippen molar-refractivity contribution in [1.82, 2.24) is 0 Å². The van der Waals surface area contributed by atoms with Crippen molar-refractivity contribution in [2.75, 3.05) is 7.11 Å². The summed E-state index contributed by atoms with van der Waals surface area (Å²) in [4.78, 5) is 12.8. The second-order valence-corrected chi connectivity index (χ2v) is 14.2. The van der Waals surface area contributed by atoms with Crippen LogP contribution in [0.4, 0.5) is 0 Å². The van der Waals surface area contributed by atoms with E-state index in [9.17, 15) is 9.90 Å². The molecule has 0 aromatic heterocycles. The van der Waals surface area contributed by atoms with Crippen LogP contribution in [-0.4, -0.2) is 24.3 Å². The van der Waals surface area contributed by atoms with Gasteiger partial charge in [0.2, 0.25) is 0 Å². The molecule has 194 valence electrons. The van der Waals surface area contributed by atoms with Gasteiger partial charge >= 0.3 is 5.97 Å². The molecule has 4 aliphatic rings. The number of hydrogen-bond acceptors (Lipinski definition) is 2. The fourth-order valence-corrected chi connectivity index (χ4v) is 10.3. The zero-order valence-electron chi connectivity index (χ0n) is 23.2. The average Bonchev–Trinajstić information content (AvgIpc) is 3.16. The first-order valence-electron chi connectivity index (χ1n) is 14.3. The molecule has 9 atom stereocenters. The van der Waals surface area contributed by atoms with Crippen LogP contribution in [0.15, 0.2) is 12.2 Å². The molecule has 0 bridgehead atoms. The van der Waals surface area contributed by atoms with Crippen LogP contribution in [0.5, 0.6) is 0 Å². The lowest BCUT2D eigenvalue weighted by Crippen LogP contribution is -2.61. The molecule has 0 amide bonds. The van der Waals surface area contributed by atoms with E-state index in [1.807, 2.05) is 7.11 Å². The maximum atomic E-state index is 12.8. The summed E-state index contributed by atoms with van der Waals surface area (Å²) < 4.78 is 6.00. The van der Waals surface area contributed by atoms with E-state index in [1.165, 1.54) is 44.1 Å². The maximum Gasteiger partial charge on any atom is 0.309 e. The molecule has 0 radical (unpaired) electrons. The Bertz CT molecular complexity index is 800. The lowest BCUT2D eigenvalue weighted by molar-refractivity contribution is -0.194. The normalized spacial score (nSPS) is 48.8. The average molecular weight is 473 g/mol. The third-order valence-electron chi connectivity index (χ3n) is 12.5. The quantitative estimate of drug-likeness (QED) is 0.422. The number of hydrogen-bond donors (Lipinski definition) is 1. The maximum absolute atomic E-state index is 12.8. The summed E-state index contributed by atoms with van der Waals surface area (Å²) in [6.45, 7) is 19.0. The summed E-state index contributed by atoms with van der Waals surface area (Å²) in [5.74, 6) is 2.01. The van der Waals surface area contributed by atoms with E-state index < -0.39 is 11.4 Å². The summed E-state index contributed by atoms with van der Waals surface area (Å²) in [5, 5.41) is 10.5. The summed E-state index contributed by atoms with van der Waals surface area (Å²) in [6.07, 6.45) is 12.7. The number of ether oxygens (including phenoxy) is 1. The number of rotatable bonds is 3. The minimum Gasteiger partial charge on any atom is -0.481 e. The van der Waals surface area contributed by atoms with Gasteiger partial charge in [0.15, 0.2) is 0 Å². The lowest BCUT2D eigenvalue weighted by Gasteiger charge is -2.66. The van der Waals surface area contributed by atoms with E-state index in [-0.39, 0.29) is 22.2 Å². The first-order valence-corrected chi connectivity index (χ1v) is 14.3. The predicted octanol–water partition coefficient (Wildman–Crippen LogP) is 8.13. The van der Waals surface area contributed by atoms with Gasteiger partial charge < -0.3 is 9.84 Å². The van der Waals surface area contributed by atoms with Gasteiger partial charge in [0.25, 0.3) is 0 Å². The molecule has 0 saturated heterocycles. The first kappa shape index (κ1) is 26.2. The van der Waals surface area contributed by atoms with Crippen molar-refractivity contribution in [1.29, 1.82) is 0 Å². The number of carbonyl (C=O) groups is 1. The van der Waals surface area contributed by atoms with Crippen molar-refractivity contribution >= 4 is 5.97 Å². The first-order chi connectivity index (χ1) is 15.8. The van der Waals surface area contributed by atoms with Gasteiger partial charge in [-0.05, 0) is 117 Å². The van der Waals surface area contributed by atoms with Crippen LogP contribution in [0.3, 0.4) is 0 Å². The van der Waals surface area contributed by atoms with Crippen molar-refractivity contribution < 1.29 is 14.6 Å². The highest BCUT2D eigenvalue weighted by Gasteiger charge is 2.68. The minimum atomic E-state index is -0.526. The minimum absolute atomic E-state index is 0.203. The van der Waals surface area contributed by atoms with E-state index in [1.54, 1.807) is 0 Å². The van der Waals surface area contributed by atoms with Crippen LogP contribution >= 0.6 is 0 Å². The highest BCUT2D eigenvalue weighted by Crippen LogP contribution is 2.73. The third kappa shape index (κ3) is 3.73. The standard InChI is InChI=1S/C31H52O3/c1-20(2)22-14-17-31(27(32)33)19-18-30(7)24(26(22)31)12-11-23-21(3)10-13-25(34-8)28(4,5)15-9-16-29(23,30)6/h21-26H,1,9-19H2,2-8H3,(H,32,33). The van der Waals surface area contributed by atoms with Crippen LogP contribution in [0.2, 0.25) is 0 Å². The van der Waals surface area contributed by atoms with Gasteiger partial charge in [-0.15, -0.1) is 0 Å². The predicted molar refractivity (Wildman–Crippen MR) is 140 cm³/mol. The van der Waals surface area contributed by atoms with E-state index in [0.717, 1.165) is 38.0 Å². The van der Waals surface area contributed by atoms with Crippen molar-refractivity contribution in [3.63, 3.8) is 0 Å². The van der Waals surface area contributed by atoms with Crippen LogP contribution in [0, 0.1) is 51.2 Å². The largest absolute Gasteiger partial charge is 0.481 e. The lowest BCUT2D eigenvalue weighted by atomic mass is 9.38. The Morgan fingerprint density at radius 3 is 2.15 bits per heavy atom. The topological polar surface area (TPSA) is 46.5 Å². The SMILES string of the molecule is C=C(C)C1CCC2(C(=O)O)CCC3(C)C(CCC4C(C)CCC(OC)C(C)(C)CCCC43C)C12. The number of fused-ring (bicyclic) bond motifs is 5. The monoisotopic (exact) mass is 472 g/mol. The highest BCUT2D eigenvalue weighted by atomic mass is 16.5. The summed E-state index contributed by atoms with van der Waals surface area (Å²) in [5.41, 5.74) is 1.37. The van der Waals surface area contributed by atoms with E-state index in [2.05, 4.69) is 48.1 Å². The second-order valence-electron chi connectivity index (χ2n) is 14.2. The molecule has 0 spiro atoms. The molecule has 0 aliphatic heterocycles. The summed E-state index contributed by atoms with van der Waals surface area (Å²) in [7, 11) is 1.90. The van der Waals surface area contributed by atoms with Crippen molar-refractivity contribution in [3.05, 3.63) is 12.2 Å². The van der Waals surface area contributed by atoms with Gasteiger partial charge in [-0.1, -0.05) is 53.2 Å². The second kappa shape index (κ2) is 8.93. The van der Waals surface area contributed by atoms with Gasteiger partial charge in [0, 0.05) is 7.11 Å². The Morgan fingerprint density at radius 1 is 0.882 bits per heavy atom. The highest BCUT2D eigenvalue weighted by molar-refractivity contribution is 5.76. The molecule has 4 aliphatic carbocycles. The van der Waals surface area contributed by atoms with E-state index in [0.29, 0.717) is 23.9 Å². The smallest absolute Gasteiger partial charge is 0.309 e. The fraction of sp³-hybridized carbons (Fsp3) is 0.903. The Balaban J connectivity index is 1.73. The number of carboxylic acid groups (broad SMARTS) is 1. The molecule has 0 heterocycles. The third-order valence-corrected chi connectivity index (χ3v) is 12.5. The Labute approximate surface area is 209 Å². The van der Waals surface area contributed by atoms with Crippen molar-refractivity contribution in [2.45, 2.75) is 118 Å². The van der Waals surface area contributed by atoms with Gasteiger partial charge in [0.05, 0.1) is 11.5 Å². The number of carboxylic acids is 1. The zero-order valence-corrected chi connectivity index (χ0v) is 23.2. The number of methoxy groups -OCH3 is 1. The number of aliphatic carboxylic acids is 1. The molecule has 4 saturated carbocycles. The molecule has 0 aromatic rings. The molecule has 3 heteroatoms. The summed E-state index contributed by atoms with van der Waals surface area (Å²) >= 11 is 0. The summed E-state index contributed by atoms with van der Waals surface area (Å²) in [6, 6.07) is 0. The molecular weight excluding hydrogens is 420 g/mol. The van der Waals surface area contributed by atoms with Crippen molar-refractivity contribution in [3.8, 4) is 0 Å². The van der Waals surface area contributed by atoms with Crippen LogP contribution < -0.4 is 0 Å². The van der Waals surface area contributed by atoms with Crippen LogP contribution in [0.25, 0.3) is 0 Å². The Hall–Kier alpha value is -0.830. The van der Waals surface area contributed by atoms with E-state index in [4.69, 9.17) is 4.74 Å². The van der Waals surface area contributed by atoms with Gasteiger partial charge in [0.1, 0.15) is 0 Å². The van der Waals surface area contributed by atoms with E-state index >= 15 is 0 Å². The molecule has 0 aromatic carbocycles. The van der Waals surface area contributed by atoms with Crippen LogP contribution in [0.1, 0.15) is 112 Å². The molecule has 9 unspecified atom stereocenters. The molecule has 3 nitrogen and oxygen atoms in total. The van der Waals surface area contributed by atoms with Crippen LogP contribution in [-0.2, 0) is 9.53 Å². The fourth-order valence-electron chi connectivity index (χ4n) is 10.3. The molecule has 4 rings (SSSR count).